The smallest absolute Gasteiger partial charge is 0.512 e. The molecule has 0 aliphatic heterocycles. The van der Waals surface area contributed by atoms with E-state index in [9.17, 15) is 18.0 Å². The number of nitriles is 1. The van der Waals surface area contributed by atoms with Crippen molar-refractivity contribution >= 4 is 32.0 Å². The molecule has 4 heterocycles. The average molecular weight is 717 g/mol. The van der Waals surface area contributed by atoms with E-state index in [2.05, 4.69) is 19.9 Å². The summed E-state index contributed by atoms with van der Waals surface area (Å²) < 4.78 is 45.4. The Morgan fingerprint density at radius 2 is 1.16 bits per heavy atom. The molecular formula is C35H29N6NaO8S. The van der Waals surface area contributed by atoms with Crippen LogP contribution in [0, 0.1) is 23.2 Å². The van der Waals surface area contributed by atoms with Crippen molar-refractivity contribution in [1.82, 2.24) is 19.9 Å². The van der Waals surface area contributed by atoms with E-state index in [1.165, 1.54) is 12.1 Å². The van der Waals surface area contributed by atoms with Crippen LogP contribution in [0.25, 0.3) is 22.2 Å². The third kappa shape index (κ3) is 10.3. The number of aryl methyl sites for hydroxylation is 2. The van der Waals surface area contributed by atoms with Gasteiger partial charge in [0, 0.05) is 18.4 Å². The number of hydrogen-bond donors (Lipinski definition) is 0. The van der Waals surface area contributed by atoms with Crippen LogP contribution in [0.3, 0.4) is 0 Å². The summed E-state index contributed by atoms with van der Waals surface area (Å²) in [6.07, 6.45) is 2.10. The van der Waals surface area contributed by atoms with Gasteiger partial charge in [-0.3, -0.25) is 0 Å². The van der Waals surface area contributed by atoms with E-state index < -0.39 is 26.2 Å². The molecule has 0 aliphatic rings. The Hall–Kier alpha value is -5.45. The molecule has 0 aliphatic carbocycles. The predicted molar refractivity (Wildman–Crippen MR) is 179 cm³/mol. The molecule has 16 heteroatoms. The van der Waals surface area contributed by atoms with E-state index >= 15 is 0 Å². The monoisotopic (exact) mass is 716 g/mol. The van der Waals surface area contributed by atoms with Crippen LogP contribution < -0.4 is 50.3 Å². The number of sulfone groups is 1. The Morgan fingerprint density at radius 3 is 1.57 bits per heavy atom. The van der Waals surface area contributed by atoms with Crippen LogP contribution in [0.1, 0.15) is 41.9 Å². The summed E-state index contributed by atoms with van der Waals surface area (Å²) in [7, 11) is -3.70. The second-order valence-corrected chi connectivity index (χ2v) is 12.3. The Balaban J connectivity index is 0.000000259. The van der Waals surface area contributed by atoms with Crippen molar-refractivity contribution in [2.75, 3.05) is 6.26 Å². The van der Waals surface area contributed by atoms with E-state index in [0.717, 1.165) is 22.9 Å². The van der Waals surface area contributed by atoms with Crippen molar-refractivity contribution in [1.29, 1.82) is 10.5 Å². The molecule has 0 radical (unpaired) electrons. The topological polar surface area (TPSA) is 212 Å². The maximum absolute atomic E-state index is 11.8. The molecule has 0 N–H and O–H groups in total. The van der Waals surface area contributed by atoms with Gasteiger partial charge in [-0.15, -0.1) is 0 Å². The first-order valence-corrected chi connectivity index (χ1v) is 16.8. The molecule has 0 spiro atoms. The van der Waals surface area contributed by atoms with Gasteiger partial charge in [-0.25, -0.2) is 18.0 Å². The van der Waals surface area contributed by atoms with Crippen LogP contribution in [0.4, 0.5) is 0 Å². The SMILES string of the molecule is CCc1cc(=O)oc2nc(C#N)nc(OCc3ccccc3)c12.CCc1cc(=O)oc2nc(S(C)(=O)=O)nc(OCc3ccccc3)c12.[C-]#N.[Na+]. The van der Waals surface area contributed by atoms with Crippen molar-refractivity contribution in [3.05, 3.63) is 128 Å². The molecule has 0 amide bonds. The van der Waals surface area contributed by atoms with Crippen LogP contribution in [0.15, 0.2) is 96.4 Å². The average Bonchev–Trinajstić information content (AvgIpc) is 3.13. The zero-order valence-electron chi connectivity index (χ0n) is 28.1. The minimum absolute atomic E-state index is 0. The fourth-order valence-electron chi connectivity index (χ4n) is 4.63. The number of hydrogen-bond acceptors (Lipinski definition) is 14. The van der Waals surface area contributed by atoms with Crippen molar-refractivity contribution in [2.45, 2.75) is 45.1 Å². The van der Waals surface area contributed by atoms with Crippen LogP contribution in [0.2, 0.25) is 0 Å². The van der Waals surface area contributed by atoms with Crippen molar-refractivity contribution in [3.8, 4) is 17.8 Å². The fourth-order valence-corrected chi connectivity index (χ4v) is 5.13. The molecule has 4 aromatic heterocycles. The summed E-state index contributed by atoms with van der Waals surface area (Å²) in [6.45, 7) is 9.01. The van der Waals surface area contributed by atoms with Gasteiger partial charge in [0.15, 0.2) is 0 Å². The molecule has 0 saturated carbocycles. The van der Waals surface area contributed by atoms with Gasteiger partial charge in [0.1, 0.15) is 30.1 Å². The van der Waals surface area contributed by atoms with Gasteiger partial charge in [0.05, 0.1) is 0 Å². The number of fused-ring (bicyclic) bond motifs is 2. The largest absolute Gasteiger partial charge is 1.00 e. The summed E-state index contributed by atoms with van der Waals surface area (Å²) >= 11 is 0. The molecule has 0 unspecified atom stereocenters. The van der Waals surface area contributed by atoms with Gasteiger partial charge in [0.25, 0.3) is 5.16 Å². The second-order valence-electron chi connectivity index (χ2n) is 10.3. The van der Waals surface area contributed by atoms with Gasteiger partial charge < -0.3 is 30.1 Å². The van der Waals surface area contributed by atoms with Crippen LogP contribution in [0.5, 0.6) is 11.8 Å². The third-order valence-corrected chi connectivity index (χ3v) is 7.76. The summed E-state index contributed by atoms with van der Waals surface area (Å²) in [4.78, 5) is 39.3. The molecule has 51 heavy (non-hydrogen) atoms. The maximum atomic E-state index is 11.8. The molecule has 0 atom stereocenters. The van der Waals surface area contributed by atoms with Gasteiger partial charge in [-0.05, 0) is 35.1 Å². The van der Waals surface area contributed by atoms with Gasteiger partial charge in [-0.2, -0.15) is 25.2 Å². The van der Waals surface area contributed by atoms with Gasteiger partial charge in [0.2, 0.25) is 38.8 Å². The molecule has 0 saturated heterocycles. The molecular weight excluding hydrogens is 687 g/mol. The third-order valence-electron chi connectivity index (χ3n) is 6.92. The van der Waals surface area contributed by atoms with Crippen molar-refractivity contribution in [2.24, 2.45) is 0 Å². The van der Waals surface area contributed by atoms with E-state index in [0.29, 0.717) is 35.8 Å². The van der Waals surface area contributed by atoms with E-state index in [1.807, 2.05) is 80.6 Å². The van der Waals surface area contributed by atoms with Crippen LogP contribution in [-0.2, 0) is 35.9 Å². The first kappa shape index (κ1) is 40.0. The minimum Gasteiger partial charge on any atom is -0.512 e. The second kappa shape index (κ2) is 18.5. The molecule has 0 fully saturated rings. The summed E-state index contributed by atoms with van der Waals surface area (Å²) in [5.74, 6) is 0.225. The molecule has 6 aromatic rings. The zero-order valence-corrected chi connectivity index (χ0v) is 30.9. The Morgan fingerprint density at radius 1 is 0.725 bits per heavy atom. The normalized spacial score (nSPS) is 10.4. The summed E-state index contributed by atoms with van der Waals surface area (Å²) in [5.41, 5.74) is 2.09. The van der Waals surface area contributed by atoms with Gasteiger partial charge >= 0.3 is 40.8 Å². The van der Waals surface area contributed by atoms with Crippen LogP contribution in [-0.4, -0.2) is 34.6 Å². The zero-order chi connectivity index (χ0) is 36.3. The number of nitrogens with zero attached hydrogens (tertiary/aromatic N) is 6. The first-order chi connectivity index (χ1) is 24.1. The number of ether oxygens (including phenoxy) is 2. The van der Waals surface area contributed by atoms with E-state index in [-0.39, 0.29) is 65.2 Å². The maximum Gasteiger partial charge on any atom is 1.00 e. The Kier molecular flexibility index (Phi) is 14.5. The van der Waals surface area contributed by atoms with Crippen molar-refractivity contribution in [3.63, 3.8) is 0 Å². The molecule has 254 valence electrons. The quantitative estimate of drug-likeness (QED) is 0.119. The standard InChI is InChI=1S/C17H13N3O3.C17H16N2O5S.CN.Na/c1-2-12-8-14(21)23-17-15(12)16(19-13(9-18)20-17)22-10-11-6-4-3-5-7-11;1-3-12-9-13(20)24-16-14(12)15(18-17(19-16)25(2,21)22)23-10-11-7-5-4-6-8-11;1-2;/h3-8H,2,10H2,1H3;4-9H,3,10H2,1-2H3;;/q;;-1;+1. The Labute approximate surface area is 314 Å². The molecule has 6 rings (SSSR count). The first-order valence-electron chi connectivity index (χ1n) is 14.9. The molecule has 0 bridgehead atoms. The molecule has 2 aromatic carbocycles. The number of benzene rings is 2. The fraction of sp³-hybridized carbons (Fsp3) is 0.200. The van der Waals surface area contributed by atoms with Crippen LogP contribution >= 0.6 is 0 Å². The van der Waals surface area contributed by atoms with Gasteiger partial charge in [-0.1, -0.05) is 74.5 Å². The Bertz CT molecular complexity index is 2410. The summed E-state index contributed by atoms with van der Waals surface area (Å²) in [5, 5.41) is 15.8. The minimum atomic E-state index is -3.70. The number of rotatable bonds is 9. The number of aromatic nitrogens is 4. The molecule has 14 nitrogen and oxygen atoms in total. The van der Waals surface area contributed by atoms with E-state index in [1.54, 1.807) is 0 Å². The predicted octanol–water partition coefficient (Wildman–Crippen LogP) is 1.82. The van der Waals surface area contributed by atoms with Crippen molar-refractivity contribution < 1.29 is 56.3 Å². The summed E-state index contributed by atoms with van der Waals surface area (Å²) in [6, 6.07) is 23.6. The van der Waals surface area contributed by atoms with E-state index in [4.69, 9.17) is 35.4 Å².